The monoisotopic (exact) mass is 133 g/mol. The summed E-state index contributed by atoms with van der Waals surface area (Å²) in [6.45, 7) is 0.419. The van der Waals surface area contributed by atoms with Crippen LogP contribution in [0.2, 0.25) is 0 Å². The van der Waals surface area contributed by atoms with Gasteiger partial charge in [-0.2, -0.15) is 0 Å². The van der Waals surface area contributed by atoms with Crippen molar-refractivity contribution in [2.45, 2.75) is 6.61 Å². The summed E-state index contributed by atoms with van der Waals surface area (Å²) in [5.41, 5.74) is 1.62. The highest BCUT2D eigenvalue weighted by molar-refractivity contribution is 5.93. The smallest absolute Gasteiger partial charge is 0.338 e. The maximum Gasteiger partial charge on any atom is 0.338 e. The van der Waals surface area contributed by atoms with Gasteiger partial charge in [-0.3, -0.25) is 0 Å². The Labute approximate surface area is 58.4 Å². The van der Waals surface area contributed by atoms with Gasteiger partial charge in [0.05, 0.1) is 5.56 Å². The van der Waals surface area contributed by atoms with E-state index in [4.69, 9.17) is 4.74 Å². The molecule has 2 nitrogen and oxygen atoms in total. The Balaban J connectivity index is 2.61. The average molecular weight is 133 g/mol. The first-order valence-electron chi connectivity index (χ1n) is 3.04. The van der Waals surface area contributed by atoms with E-state index in [0.717, 1.165) is 5.56 Å². The van der Waals surface area contributed by atoms with E-state index in [1.54, 1.807) is 12.1 Å². The van der Waals surface area contributed by atoms with Gasteiger partial charge in [-0.05, 0) is 12.1 Å². The van der Waals surface area contributed by atoms with Crippen molar-refractivity contribution in [3.8, 4) is 0 Å². The molecule has 1 aromatic carbocycles. The van der Waals surface area contributed by atoms with Gasteiger partial charge in [0.25, 0.3) is 0 Å². The number of hydrogen-bond donors (Lipinski definition) is 0. The zero-order valence-electron chi connectivity index (χ0n) is 5.26. The first kappa shape index (κ1) is 5.47. The number of esters is 1. The molecule has 0 saturated heterocycles. The zero-order valence-corrected chi connectivity index (χ0v) is 5.26. The minimum atomic E-state index is -0.230. The number of ether oxygens (including phenoxy) is 1. The predicted molar refractivity (Wildman–Crippen MR) is 34.4 cm³/mol. The van der Waals surface area contributed by atoms with Crippen LogP contribution in [0.5, 0.6) is 0 Å². The number of fused-ring (bicyclic) bond motifs is 1. The normalized spacial score (nSPS) is 14.6. The van der Waals surface area contributed by atoms with E-state index in [0.29, 0.717) is 12.2 Å². The molecule has 0 N–H and O–H groups in total. The molecular weight excluding hydrogens is 128 g/mol. The zero-order chi connectivity index (χ0) is 6.97. The van der Waals surface area contributed by atoms with Crippen molar-refractivity contribution in [3.63, 3.8) is 0 Å². The fourth-order valence-corrected chi connectivity index (χ4v) is 1.000. The molecule has 1 heterocycles. The number of carbonyl (C=O) groups excluding carboxylic acids is 1. The van der Waals surface area contributed by atoms with Crippen LogP contribution in [-0.4, -0.2) is 5.97 Å². The van der Waals surface area contributed by atoms with E-state index in [9.17, 15) is 4.79 Å². The fraction of sp³-hybridized carbons (Fsp3) is 0.125. The molecule has 2 rings (SSSR count). The lowest BCUT2D eigenvalue weighted by molar-refractivity contribution is 0.0535. The molecule has 0 aliphatic carbocycles. The lowest BCUT2D eigenvalue weighted by atomic mass is 10.1. The van der Waals surface area contributed by atoms with Gasteiger partial charge in [0.15, 0.2) is 0 Å². The van der Waals surface area contributed by atoms with Gasteiger partial charge in [0, 0.05) is 5.56 Å². The SMILES string of the molecule is O=C1OCc2cc[c]cc21. The second kappa shape index (κ2) is 1.84. The van der Waals surface area contributed by atoms with E-state index in [1.165, 1.54) is 0 Å². The van der Waals surface area contributed by atoms with E-state index in [-0.39, 0.29) is 5.97 Å². The number of cyclic esters (lactones) is 1. The fourth-order valence-electron chi connectivity index (χ4n) is 1.000. The summed E-state index contributed by atoms with van der Waals surface area (Å²) in [5, 5.41) is 0. The molecule has 0 bridgehead atoms. The summed E-state index contributed by atoms with van der Waals surface area (Å²) < 4.78 is 4.76. The summed E-state index contributed by atoms with van der Waals surface area (Å²) in [6.07, 6.45) is 0. The second-order valence-electron chi connectivity index (χ2n) is 2.16. The van der Waals surface area contributed by atoms with Crippen molar-refractivity contribution in [1.82, 2.24) is 0 Å². The maximum atomic E-state index is 10.8. The third kappa shape index (κ3) is 0.620. The van der Waals surface area contributed by atoms with Crippen LogP contribution >= 0.6 is 0 Å². The number of rotatable bonds is 0. The van der Waals surface area contributed by atoms with Gasteiger partial charge in [-0.1, -0.05) is 12.1 Å². The van der Waals surface area contributed by atoms with Gasteiger partial charge >= 0.3 is 5.97 Å². The van der Waals surface area contributed by atoms with Crippen LogP contribution in [0.25, 0.3) is 0 Å². The van der Waals surface area contributed by atoms with Crippen LogP contribution in [0.15, 0.2) is 18.2 Å². The van der Waals surface area contributed by atoms with Crippen molar-refractivity contribution in [2.24, 2.45) is 0 Å². The summed E-state index contributed by atoms with van der Waals surface area (Å²) in [6, 6.07) is 8.11. The van der Waals surface area contributed by atoms with Gasteiger partial charge in [0.2, 0.25) is 0 Å². The Morgan fingerprint density at radius 1 is 1.60 bits per heavy atom. The Morgan fingerprint density at radius 3 is 3.30 bits per heavy atom. The molecule has 0 saturated carbocycles. The predicted octanol–water partition coefficient (Wildman–Crippen LogP) is 1.16. The highest BCUT2D eigenvalue weighted by Crippen LogP contribution is 2.17. The molecule has 2 heteroatoms. The average Bonchev–Trinajstić information content (AvgIpc) is 2.34. The van der Waals surface area contributed by atoms with Crippen molar-refractivity contribution in [3.05, 3.63) is 35.4 Å². The van der Waals surface area contributed by atoms with Crippen LogP contribution in [0.3, 0.4) is 0 Å². The molecule has 1 aromatic rings. The molecule has 1 radical (unpaired) electrons. The molecule has 0 fully saturated rings. The summed E-state index contributed by atoms with van der Waals surface area (Å²) in [5.74, 6) is -0.230. The van der Waals surface area contributed by atoms with Crippen LogP contribution < -0.4 is 0 Å². The third-order valence-corrected chi connectivity index (χ3v) is 1.53. The van der Waals surface area contributed by atoms with E-state index >= 15 is 0 Å². The highest BCUT2D eigenvalue weighted by Gasteiger charge is 2.19. The first-order chi connectivity index (χ1) is 4.88. The maximum absolute atomic E-state index is 10.8. The molecule has 0 aromatic heterocycles. The number of benzene rings is 1. The molecule has 0 amide bonds. The Morgan fingerprint density at radius 2 is 2.50 bits per heavy atom. The molecule has 1 aliphatic heterocycles. The first-order valence-corrected chi connectivity index (χ1v) is 3.04. The number of carbonyl (C=O) groups is 1. The van der Waals surface area contributed by atoms with Gasteiger partial charge < -0.3 is 4.74 Å². The summed E-state index contributed by atoms with van der Waals surface area (Å²) in [4.78, 5) is 10.8. The summed E-state index contributed by atoms with van der Waals surface area (Å²) >= 11 is 0. The molecule has 0 spiro atoms. The highest BCUT2D eigenvalue weighted by atomic mass is 16.5. The third-order valence-electron chi connectivity index (χ3n) is 1.53. The van der Waals surface area contributed by atoms with Crippen molar-refractivity contribution < 1.29 is 9.53 Å². The molecule has 0 unspecified atom stereocenters. The van der Waals surface area contributed by atoms with Crippen LogP contribution in [0.4, 0.5) is 0 Å². The van der Waals surface area contributed by atoms with Crippen LogP contribution in [0, 0.1) is 6.07 Å². The van der Waals surface area contributed by atoms with Gasteiger partial charge in [-0.25, -0.2) is 4.79 Å². The Hall–Kier alpha value is -1.31. The van der Waals surface area contributed by atoms with Gasteiger partial charge in [-0.15, -0.1) is 0 Å². The molecule has 10 heavy (non-hydrogen) atoms. The number of hydrogen-bond acceptors (Lipinski definition) is 2. The van der Waals surface area contributed by atoms with Crippen molar-refractivity contribution >= 4 is 5.97 Å². The van der Waals surface area contributed by atoms with Crippen molar-refractivity contribution in [2.75, 3.05) is 0 Å². The van der Waals surface area contributed by atoms with Crippen molar-refractivity contribution in [1.29, 1.82) is 0 Å². The quantitative estimate of drug-likeness (QED) is 0.496. The topological polar surface area (TPSA) is 26.3 Å². The lowest BCUT2D eigenvalue weighted by Gasteiger charge is -1.87. The Bertz CT molecular complexity index is 278. The minimum Gasteiger partial charge on any atom is -0.457 e. The Kier molecular flexibility index (Phi) is 1.01. The molecular formula is C8H5O2. The van der Waals surface area contributed by atoms with Crippen LogP contribution in [0.1, 0.15) is 15.9 Å². The van der Waals surface area contributed by atoms with E-state index in [1.807, 2.05) is 6.07 Å². The molecule has 49 valence electrons. The largest absolute Gasteiger partial charge is 0.457 e. The summed E-state index contributed by atoms with van der Waals surface area (Å²) in [7, 11) is 0. The van der Waals surface area contributed by atoms with Crippen LogP contribution in [-0.2, 0) is 11.3 Å². The standard InChI is InChI=1S/C8H5O2/c9-8-7-4-2-1-3-6(7)5-10-8/h1,3-4H,5H2. The molecule has 0 atom stereocenters. The second-order valence-corrected chi connectivity index (χ2v) is 2.16. The molecule has 1 aliphatic rings. The van der Waals surface area contributed by atoms with E-state index in [2.05, 4.69) is 6.07 Å². The minimum absolute atomic E-state index is 0.230. The van der Waals surface area contributed by atoms with E-state index < -0.39 is 0 Å². The lowest BCUT2D eigenvalue weighted by Crippen LogP contribution is -1.92. The van der Waals surface area contributed by atoms with Gasteiger partial charge in [0.1, 0.15) is 6.61 Å².